The summed E-state index contributed by atoms with van der Waals surface area (Å²) in [6.07, 6.45) is 11.6. The number of hydrogen-bond donors (Lipinski definition) is 1. The lowest BCUT2D eigenvalue weighted by molar-refractivity contribution is 0.00982. The van der Waals surface area contributed by atoms with E-state index in [0.29, 0.717) is 12.2 Å². The predicted molar refractivity (Wildman–Crippen MR) is 106 cm³/mol. The molecule has 0 aromatic carbocycles. The molecule has 0 amide bonds. The molecule has 2 fully saturated rings. The lowest BCUT2D eigenvalue weighted by Gasteiger charge is -2.34. The Bertz CT molecular complexity index is 378. The van der Waals surface area contributed by atoms with Crippen LogP contribution in [0.15, 0.2) is 4.99 Å². The normalized spacial score (nSPS) is 20.5. The minimum atomic E-state index is 0.380. The zero-order valence-electron chi connectivity index (χ0n) is 16.9. The van der Waals surface area contributed by atoms with Gasteiger partial charge < -0.3 is 24.4 Å². The first-order valence-electron chi connectivity index (χ1n) is 10.5. The molecule has 6 nitrogen and oxygen atoms in total. The number of nitrogens with one attached hydrogen (secondary N) is 1. The summed E-state index contributed by atoms with van der Waals surface area (Å²) in [5, 5.41) is 3.49. The number of piperidine rings is 1. The van der Waals surface area contributed by atoms with Crippen molar-refractivity contribution < 1.29 is 14.2 Å². The predicted octanol–water partition coefficient (Wildman–Crippen LogP) is 2.82. The number of likely N-dealkylation sites (tertiary alicyclic amines) is 1. The largest absolute Gasteiger partial charge is 0.385 e. The molecule has 2 rings (SSSR count). The zero-order chi connectivity index (χ0) is 18.5. The monoisotopic (exact) mass is 369 g/mol. The molecular weight excluding hydrogens is 330 g/mol. The molecule has 1 aliphatic heterocycles. The van der Waals surface area contributed by atoms with E-state index < -0.39 is 0 Å². The summed E-state index contributed by atoms with van der Waals surface area (Å²) >= 11 is 0. The van der Waals surface area contributed by atoms with Gasteiger partial charge in [0.15, 0.2) is 5.96 Å². The maximum absolute atomic E-state index is 5.99. The fraction of sp³-hybridized carbons (Fsp3) is 0.950. The van der Waals surface area contributed by atoms with Crippen LogP contribution in [0, 0.1) is 0 Å². The molecule has 0 atom stereocenters. The van der Waals surface area contributed by atoms with Crippen molar-refractivity contribution in [1.29, 1.82) is 0 Å². The van der Waals surface area contributed by atoms with E-state index in [9.17, 15) is 0 Å². The van der Waals surface area contributed by atoms with Gasteiger partial charge in [0.25, 0.3) is 0 Å². The summed E-state index contributed by atoms with van der Waals surface area (Å²) in [5.74, 6) is 1.01. The van der Waals surface area contributed by atoms with E-state index in [1.54, 1.807) is 7.11 Å². The highest BCUT2D eigenvalue weighted by molar-refractivity contribution is 5.79. The number of guanidine groups is 1. The SMILES string of the molecule is CN=C(NCCCOC1CCCCC1)N1CCC(OCCCOC)CC1. The van der Waals surface area contributed by atoms with E-state index in [2.05, 4.69) is 15.2 Å². The van der Waals surface area contributed by atoms with Crippen molar-refractivity contribution in [3.05, 3.63) is 0 Å². The molecule has 1 aliphatic carbocycles. The van der Waals surface area contributed by atoms with Gasteiger partial charge in [0.1, 0.15) is 0 Å². The average molecular weight is 370 g/mol. The van der Waals surface area contributed by atoms with Gasteiger partial charge in [-0.25, -0.2) is 0 Å². The van der Waals surface area contributed by atoms with E-state index >= 15 is 0 Å². The molecule has 0 aromatic rings. The molecule has 0 bridgehead atoms. The first kappa shape index (κ1) is 21.5. The minimum Gasteiger partial charge on any atom is -0.385 e. The summed E-state index contributed by atoms with van der Waals surface area (Å²) in [5.41, 5.74) is 0. The quantitative estimate of drug-likeness (QED) is 0.365. The van der Waals surface area contributed by atoms with Crippen molar-refractivity contribution in [3.63, 3.8) is 0 Å². The topological polar surface area (TPSA) is 55.3 Å². The van der Waals surface area contributed by atoms with Crippen LogP contribution in [0.5, 0.6) is 0 Å². The zero-order valence-corrected chi connectivity index (χ0v) is 16.9. The van der Waals surface area contributed by atoms with E-state index in [4.69, 9.17) is 14.2 Å². The second kappa shape index (κ2) is 13.3. The number of hydrogen-bond acceptors (Lipinski definition) is 4. The van der Waals surface area contributed by atoms with Gasteiger partial charge in [-0.15, -0.1) is 0 Å². The van der Waals surface area contributed by atoms with Crippen LogP contribution in [0.1, 0.15) is 57.8 Å². The van der Waals surface area contributed by atoms with Gasteiger partial charge in [-0.05, 0) is 38.5 Å². The van der Waals surface area contributed by atoms with Crippen molar-refractivity contribution in [2.45, 2.75) is 70.0 Å². The summed E-state index contributed by atoms with van der Waals surface area (Å²) in [6, 6.07) is 0. The smallest absolute Gasteiger partial charge is 0.193 e. The highest BCUT2D eigenvalue weighted by Gasteiger charge is 2.21. The van der Waals surface area contributed by atoms with Crippen LogP contribution in [0.4, 0.5) is 0 Å². The van der Waals surface area contributed by atoms with Gasteiger partial charge in [0.2, 0.25) is 0 Å². The summed E-state index contributed by atoms with van der Waals surface area (Å²) in [7, 11) is 3.60. The van der Waals surface area contributed by atoms with Gasteiger partial charge in [0, 0.05) is 53.6 Å². The molecule has 0 aromatic heterocycles. The molecule has 0 spiro atoms. The van der Waals surface area contributed by atoms with E-state index in [0.717, 1.165) is 71.1 Å². The van der Waals surface area contributed by atoms with Crippen LogP contribution in [0.25, 0.3) is 0 Å². The molecule has 26 heavy (non-hydrogen) atoms. The first-order chi connectivity index (χ1) is 12.8. The number of nitrogens with zero attached hydrogens (tertiary/aromatic N) is 2. The van der Waals surface area contributed by atoms with Gasteiger partial charge in [-0.2, -0.15) is 0 Å². The number of aliphatic imine (C=N–C) groups is 1. The Morgan fingerprint density at radius 1 is 0.923 bits per heavy atom. The van der Waals surface area contributed by atoms with E-state index in [1.165, 1.54) is 32.1 Å². The second-order valence-electron chi connectivity index (χ2n) is 7.36. The second-order valence-corrected chi connectivity index (χ2v) is 7.36. The third-order valence-electron chi connectivity index (χ3n) is 5.31. The molecule has 6 heteroatoms. The third-order valence-corrected chi connectivity index (χ3v) is 5.31. The van der Waals surface area contributed by atoms with Crippen molar-refractivity contribution in [2.75, 3.05) is 53.6 Å². The van der Waals surface area contributed by atoms with Crippen LogP contribution < -0.4 is 5.32 Å². The van der Waals surface area contributed by atoms with Crippen molar-refractivity contribution >= 4 is 5.96 Å². The van der Waals surface area contributed by atoms with Crippen LogP contribution >= 0.6 is 0 Å². The lowest BCUT2D eigenvalue weighted by Crippen LogP contribution is -2.47. The fourth-order valence-electron chi connectivity index (χ4n) is 3.77. The maximum Gasteiger partial charge on any atom is 0.193 e. The van der Waals surface area contributed by atoms with Crippen molar-refractivity contribution in [3.8, 4) is 0 Å². The first-order valence-corrected chi connectivity index (χ1v) is 10.5. The maximum atomic E-state index is 5.99. The molecule has 1 N–H and O–H groups in total. The fourth-order valence-corrected chi connectivity index (χ4v) is 3.77. The molecule has 0 unspecified atom stereocenters. The van der Waals surface area contributed by atoms with Crippen LogP contribution in [-0.2, 0) is 14.2 Å². The van der Waals surface area contributed by atoms with Crippen LogP contribution in [0.3, 0.4) is 0 Å². The third kappa shape index (κ3) is 8.23. The van der Waals surface area contributed by atoms with Gasteiger partial charge in [-0.1, -0.05) is 19.3 Å². The molecule has 152 valence electrons. The lowest BCUT2D eigenvalue weighted by atomic mass is 9.98. The number of ether oxygens (including phenoxy) is 3. The van der Waals surface area contributed by atoms with Gasteiger partial charge in [0.05, 0.1) is 12.2 Å². The van der Waals surface area contributed by atoms with Gasteiger partial charge >= 0.3 is 0 Å². The van der Waals surface area contributed by atoms with Crippen LogP contribution in [0.2, 0.25) is 0 Å². The molecule has 1 saturated carbocycles. The highest BCUT2D eigenvalue weighted by Crippen LogP contribution is 2.20. The van der Waals surface area contributed by atoms with Crippen molar-refractivity contribution in [1.82, 2.24) is 10.2 Å². The summed E-state index contributed by atoms with van der Waals surface area (Å²) < 4.78 is 17.0. The summed E-state index contributed by atoms with van der Waals surface area (Å²) in [4.78, 5) is 6.79. The molecular formula is C20H39N3O3. The van der Waals surface area contributed by atoms with E-state index in [-0.39, 0.29) is 0 Å². The minimum absolute atomic E-state index is 0.380. The summed E-state index contributed by atoms with van der Waals surface area (Å²) in [6.45, 7) is 5.37. The highest BCUT2D eigenvalue weighted by atomic mass is 16.5. The molecule has 0 radical (unpaired) electrons. The number of methoxy groups -OCH3 is 1. The molecule has 1 saturated heterocycles. The Labute approximate surface area is 159 Å². The Morgan fingerprint density at radius 3 is 2.23 bits per heavy atom. The molecule has 2 aliphatic rings. The number of rotatable bonds is 10. The standard InChI is InChI=1S/C20H39N3O3/c1-21-20(22-12-6-16-25-18-8-4-3-5-9-18)23-13-10-19(11-14-23)26-17-7-15-24-2/h18-19H,3-17H2,1-2H3,(H,21,22). The Balaban J connectivity index is 1.53. The van der Waals surface area contributed by atoms with Crippen molar-refractivity contribution in [2.24, 2.45) is 4.99 Å². The van der Waals surface area contributed by atoms with Gasteiger partial charge in [-0.3, -0.25) is 4.99 Å². The Kier molecular flexibility index (Phi) is 11.0. The average Bonchev–Trinajstić information content (AvgIpc) is 2.69. The molecule has 1 heterocycles. The Morgan fingerprint density at radius 2 is 1.58 bits per heavy atom. The Hall–Kier alpha value is -0.850. The van der Waals surface area contributed by atoms with Crippen LogP contribution in [-0.4, -0.2) is 76.7 Å². The van der Waals surface area contributed by atoms with E-state index in [1.807, 2.05) is 7.05 Å².